The number of nitrogens with zero attached hydrogens (tertiary/aromatic N) is 2. The van der Waals surface area contributed by atoms with E-state index >= 15 is 0 Å². The van der Waals surface area contributed by atoms with E-state index in [9.17, 15) is 0 Å². The van der Waals surface area contributed by atoms with Gasteiger partial charge in [-0.15, -0.1) is 0 Å². The van der Waals surface area contributed by atoms with Crippen molar-refractivity contribution in [3.63, 3.8) is 0 Å². The van der Waals surface area contributed by atoms with Crippen molar-refractivity contribution in [1.29, 1.82) is 0 Å². The van der Waals surface area contributed by atoms with E-state index in [1.54, 1.807) is 11.1 Å². The first kappa shape index (κ1) is 35.1. The van der Waals surface area contributed by atoms with Gasteiger partial charge in [-0.2, -0.15) is 0 Å². The zero-order chi connectivity index (χ0) is 40.1. The number of hydrogen-bond donors (Lipinski definition) is 0. The molecule has 0 radical (unpaired) electrons. The molecule has 5 aliphatic rings. The van der Waals surface area contributed by atoms with Crippen LogP contribution < -0.4 is 4.90 Å². The van der Waals surface area contributed by atoms with Gasteiger partial charge in [-0.3, -0.25) is 0 Å². The number of hydrogen-bond acceptors (Lipinski definition) is 1. The van der Waals surface area contributed by atoms with Crippen LogP contribution in [-0.4, -0.2) is 4.57 Å². The molecule has 2 nitrogen and oxygen atoms in total. The zero-order valence-electron chi connectivity index (χ0n) is 34.4. The molecule has 0 atom stereocenters. The Hall–Kier alpha value is -6.64. The molecule has 4 fully saturated rings. The summed E-state index contributed by atoms with van der Waals surface area (Å²) >= 11 is 0. The van der Waals surface area contributed by atoms with Gasteiger partial charge in [-0.1, -0.05) is 164 Å². The molecule has 61 heavy (non-hydrogen) atoms. The summed E-state index contributed by atoms with van der Waals surface area (Å²) in [6, 6.07) is 77.7. The molecule has 4 bridgehead atoms. The smallest absolute Gasteiger partial charge is 0.0702 e. The van der Waals surface area contributed by atoms with Crippen molar-refractivity contribution < 1.29 is 0 Å². The SMILES string of the molecule is c1ccc(C(c2ccccc2)(c2ccccc2)c2cccc(-n3c4ccccc4c4c(N5c6ccccc6C6(c7ccccc75)C5CC7CC(C5)CC6C7)cccc43)c2)cc1. The summed E-state index contributed by atoms with van der Waals surface area (Å²) in [5.41, 5.74) is 15.1. The molecule has 1 spiro atoms. The van der Waals surface area contributed by atoms with Gasteiger partial charge in [0, 0.05) is 21.9 Å². The average Bonchev–Trinajstić information content (AvgIpc) is 3.66. The minimum Gasteiger partial charge on any atom is -0.309 e. The van der Waals surface area contributed by atoms with Gasteiger partial charge in [0.2, 0.25) is 0 Å². The summed E-state index contributed by atoms with van der Waals surface area (Å²) in [4.78, 5) is 2.64. The maximum atomic E-state index is 2.64. The molecule has 4 aliphatic carbocycles. The lowest BCUT2D eigenvalue weighted by Gasteiger charge is -2.64. The highest BCUT2D eigenvalue weighted by atomic mass is 15.2. The van der Waals surface area contributed by atoms with Crippen LogP contribution in [0.4, 0.5) is 17.1 Å². The second-order valence-electron chi connectivity index (χ2n) is 18.5. The maximum Gasteiger partial charge on any atom is 0.0702 e. The summed E-state index contributed by atoms with van der Waals surface area (Å²) in [6.45, 7) is 0. The Bertz CT molecular complexity index is 2930. The van der Waals surface area contributed by atoms with Crippen molar-refractivity contribution in [3.8, 4) is 5.69 Å². The van der Waals surface area contributed by atoms with E-state index in [4.69, 9.17) is 0 Å². The molecular formula is C59H48N2. The van der Waals surface area contributed by atoms with Gasteiger partial charge in [0.1, 0.15) is 0 Å². The van der Waals surface area contributed by atoms with Gasteiger partial charge in [-0.25, -0.2) is 0 Å². The van der Waals surface area contributed by atoms with Crippen LogP contribution in [-0.2, 0) is 10.8 Å². The highest BCUT2D eigenvalue weighted by Crippen LogP contribution is 2.69. The first-order valence-corrected chi connectivity index (χ1v) is 22.5. The predicted octanol–water partition coefficient (Wildman–Crippen LogP) is 14.7. The molecule has 2 heterocycles. The van der Waals surface area contributed by atoms with E-state index in [1.807, 2.05) is 0 Å². The van der Waals surface area contributed by atoms with Crippen molar-refractivity contribution >= 4 is 38.9 Å². The van der Waals surface area contributed by atoms with Gasteiger partial charge in [-0.05, 0) is 132 Å². The Labute approximate surface area is 358 Å². The van der Waals surface area contributed by atoms with E-state index in [-0.39, 0.29) is 5.41 Å². The topological polar surface area (TPSA) is 8.17 Å². The fourth-order valence-electron chi connectivity index (χ4n) is 13.8. The minimum absolute atomic E-state index is 0.0716. The largest absolute Gasteiger partial charge is 0.309 e. The van der Waals surface area contributed by atoms with Gasteiger partial charge < -0.3 is 9.47 Å². The van der Waals surface area contributed by atoms with Crippen molar-refractivity contribution in [3.05, 3.63) is 240 Å². The third-order valence-electron chi connectivity index (χ3n) is 15.7. The Kier molecular flexibility index (Phi) is 7.74. The lowest BCUT2D eigenvalue weighted by Crippen LogP contribution is -2.57. The molecule has 0 saturated heterocycles. The number of para-hydroxylation sites is 3. The Morgan fingerprint density at radius 1 is 0.393 bits per heavy atom. The number of anilines is 3. The van der Waals surface area contributed by atoms with Gasteiger partial charge in [0.15, 0.2) is 0 Å². The van der Waals surface area contributed by atoms with Crippen LogP contribution >= 0.6 is 0 Å². The summed E-state index contributed by atoms with van der Waals surface area (Å²) in [5.74, 6) is 3.21. The molecule has 2 heteroatoms. The molecule has 4 saturated carbocycles. The number of benzene rings is 8. The van der Waals surface area contributed by atoms with Crippen molar-refractivity contribution in [2.75, 3.05) is 4.90 Å². The van der Waals surface area contributed by atoms with Crippen LogP contribution in [0.25, 0.3) is 27.5 Å². The number of fused-ring (bicyclic) bond motifs is 5. The van der Waals surface area contributed by atoms with Crippen LogP contribution in [0.1, 0.15) is 65.5 Å². The molecule has 0 amide bonds. The molecule has 0 unspecified atom stereocenters. The summed E-state index contributed by atoms with van der Waals surface area (Å²) < 4.78 is 2.52. The predicted molar refractivity (Wildman–Crippen MR) is 252 cm³/mol. The normalized spacial score (nSPS) is 20.9. The van der Waals surface area contributed by atoms with Crippen LogP contribution in [0.5, 0.6) is 0 Å². The van der Waals surface area contributed by atoms with Crippen molar-refractivity contribution in [2.24, 2.45) is 23.7 Å². The van der Waals surface area contributed by atoms with Gasteiger partial charge >= 0.3 is 0 Å². The Balaban J connectivity index is 1.05. The highest BCUT2D eigenvalue weighted by Gasteiger charge is 2.61. The summed E-state index contributed by atoms with van der Waals surface area (Å²) in [7, 11) is 0. The molecule has 8 aromatic carbocycles. The first-order valence-electron chi connectivity index (χ1n) is 22.5. The van der Waals surface area contributed by atoms with Crippen LogP contribution in [0, 0.1) is 23.7 Å². The zero-order valence-corrected chi connectivity index (χ0v) is 34.4. The minimum atomic E-state index is -0.543. The van der Waals surface area contributed by atoms with E-state index < -0.39 is 5.41 Å². The fourth-order valence-corrected chi connectivity index (χ4v) is 13.8. The second-order valence-corrected chi connectivity index (χ2v) is 18.5. The lowest BCUT2D eigenvalue weighted by molar-refractivity contribution is -0.0419. The van der Waals surface area contributed by atoms with Crippen LogP contribution in [0.3, 0.4) is 0 Å². The number of rotatable bonds is 6. The lowest BCUT2D eigenvalue weighted by atomic mass is 9.41. The summed E-state index contributed by atoms with van der Waals surface area (Å²) in [5, 5.41) is 2.55. The first-order chi connectivity index (χ1) is 30.2. The molecule has 1 aromatic heterocycles. The maximum absolute atomic E-state index is 2.64. The van der Waals surface area contributed by atoms with E-state index in [2.05, 4.69) is 216 Å². The standard InChI is InChI=1S/C59H48N2/c1-4-18-42(19-5-1)58(43-20-6-2-7-21-43,44-22-8-3-9-23-44)45-24-16-25-48(39-45)60-52-29-13-10-26-49(52)57-55(60)32-17-33-56(57)61-53-30-14-11-27-50(53)59(51-28-12-15-31-54(51)61)46-35-40-34-41(37-46)38-47(59)36-40/h1-33,39-41,46-47H,34-38H2. The molecule has 14 rings (SSSR count). The van der Waals surface area contributed by atoms with Gasteiger partial charge in [0.05, 0.1) is 33.5 Å². The molecule has 1 aliphatic heterocycles. The Morgan fingerprint density at radius 3 is 1.44 bits per heavy atom. The third-order valence-corrected chi connectivity index (χ3v) is 15.7. The third kappa shape index (κ3) is 4.85. The van der Waals surface area contributed by atoms with E-state index in [0.29, 0.717) is 11.8 Å². The molecular weight excluding hydrogens is 737 g/mol. The van der Waals surface area contributed by atoms with Crippen molar-refractivity contribution in [1.82, 2.24) is 4.57 Å². The van der Waals surface area contributed by atoms with Crippen LogP contribution in [0.15, 0.2) is 206 Å². The molecule has 294 valence electrons. The molecule has 0 N–H and O–H groups in total. The van der Waals surface area contributed by atoms with E-state index in [0.717, 1.165) is 17.5 Å². The fraction of sp³-hybridized carbons (Fsp3) is 0.186. The monoisotopic (exact) mass is 784 g/mol. The summed E-state index contributed by atoms with van der Waals surface area (Å²) in [6.07, 6.45) is 6.95. The second kappa shape index (κ2) is 13.4. The number of aromatic nitrogens is 1. The quantitative estimate of drug-likeness (QED) is 0.153. The van der Waals surface area contributed by atoms with Gasteiger partial charge in [0.25, 0.3) is 0 Å². The van der Waals surface area contributed by atoms with Crippen molar-refractivity contribution in [2.45, 2.75) is 42.9 Å². The molecule has 9 aromatic rings. The van der Waals surface area contributed by atoms with E-state index in [1.165, 1.54) is 93.2 Å². The highest BCUT2D eigenvalue weighted by molar-refractivity contribution is 6.17. The van der Waals surface area contributed by atoms with Crippen LogP contribution in [0.2, 0.25) is 0 Å². The average molecular weight is 785 g/mol. The Morgan fingerprint density at radius 2 is 0.852 bits per heavy atom.